The second kappa shape index (κ2) is 4.98. The molecule has 0 spiro atoms. The molecule has 0 aromatic heterocycles. The maximum absolute atomic E-state index is 2.54. The molecule has 2 aliphatic rings. The first-order chi connectivity index (χ1) is 7.95. The summed E-state index contributed by atoms with van der Waals surface area (Å²) in [5.41, 5.74) is 0. The average Bonchev–Trinajstić information content (AvgIpc) is 2.26. The Morgan fingerprint density at radius 3 is 2.47 bits per heavy atom. The van der Waals surface area contributed by atoms with Crippen LogP contribution in [0, 0.1) is 17.8 Å². The highest BCUT2D eigenvalue weighted by Crippen LogP contribution is 2.55. The fraction of sp³-hybridized carbons (Fsp3) is 1.00. The van der Waals surface area contributed by atoms with Gasteiger partial charge in [-0.05, 0) is 24.2 Å². The van der Waals surface area contributed by atoms with Crippen molar-refractivity contribution in [2.75, 3.05) is 0 Å². The van der Waals surface area contributed by atoms with Crippen LogP contribution >= 0.6 is 0 Å². The van der Waals surface area contributed by atoms with Gasteiger partial charge < -0.3 is 0 Å². The van der Waals surface area contributed by atoms with Crippen molar-refractivity contribution in [3.63, 3.8) is 0 Å². The van der Waals surface area contributed by atoms with Crippen molar-refractivity contribution >= 4 is 6.71 Å². The minimum absolute atomic E-state index is 0.574. The molecule has 0 nitrogen and oxygen atoms in total. The van der Waals surface area contributed by atoms with Gasteiger partial charge in [-0.3, -0.25) is 0 Å². The normalized spacial score (nSPS) is 38.3. The van der Waals surface area contributed by atoms with Crippen LogP contribution in [-0.4, -0.2) is 6.71 Å². The Morgan fingerprint density at radius 1 is 1.12 bits per heavy atom. The fourth-order valence-corrected chi connectivity index (χ4v) is 4.96. The zero-order valence-electron chi connectivity index (χ0n) is 12.6. The third-order valence-electron chi connectivity index (χ3n) is 6.14. The Hall–Kier alpha value is 0.0649. The van der Waals surface area contributed by atoms with Gasteiger partial charge in [-0.2, -0.15) is 0 Å². The summed E-state index contributed by atoms with van der Waals surface area (Å²) in [5.74, 6) is 4.07. The first-order valence-electron chi connectivity index (χ1n) is 7.95. The summed E-state index contributed by atoms with van der Waals surface area (Å²) >= 11 is 0. The van der Waals surface area contributed by atoms with Crippen molar-refractivity contribution in [2.24, 2.45) is 17.8 Å². The Morgan fingerprint density at radius 2 is 1.82 bits per heavy atom. The van der Waals surface area contributed by atoms with E-state index < -0.39 is 0 Å². The van der Waals surface area contributed by atoms with E-state index in [1.807, 2.05) is 0 Å². The van der Waals surface area contributed by atoms with Crippen molar-refractivity contribution in [3.05, 3.63) is 0 Å². The second-order valence-electron chi connectivity index (χ2n) is 7.77. The molecular formula is C16H31B. The van der Waals surface area contributed by atoms with Crippen LogP contribution in [0.15, 0.2) is 0 Å². The van der Waals surface area contributed by atoms with Gasteiger partial charge in [0.05, 0.1) is 0 Å². The zero-order chi connectivity index (χ0) is 12.6. The van der Waals surface area contributed by atoms with E-state index in [0.29, 0.717) is 5.31 Å². The van der Waals surface area contributed by atoms with Crippen molar-refractivity contribution in [1.82, 2.24) is 0 Å². The molecule has 17 heavy (non-hydrogen) atoms. The van der Waals surface area contributed by atoms with E-state index in [1.54, 1.807) is 6.42 Å². The molecule has 98 valence electrons. The summed E-state index contributed by atoms with van der Waals surface area (Å²) in [4.78, 5) is 0. The summed E-state index contributed by atoms with van der Waals surface area (Å²) in [6.45, 7) is 13.5. The van der Waals surface area contributed by atoms with E-state index in [0.717, 1.165) is 30.3 Å². The van der Waals surface area contributed by atoms with Crippen LogP contribution in [0.3, 0.4) is 0 Å². The van der Waals surface area contributed by atoms with Gasteiger partial charge in [0.15, 0.2) is 0 Å². The molecule has 0 aromatic carbocycles. The minimum Gasteiger partial charge on any atom is -0.0706 e. The highest BCUT2D eigenvalue weighted by atomic mass is 14.4. The lowest BCUT2D eigenvalue weighted by Crippen LogP contribution is -2.45. The van der Waals surface area contributed by atoms with Crippen molar-refractivity contribution < 1.29 is 0 Å². The molecule has 4 unspecified atom stereocenters. The van der Waals surface area contributed by atoms with Crippen LogP contribution in [0.4, 0.5) is 0 Å². The molecule has 0 N–H and O–H groups in total. The highest BCUT2D eigenvalue weighted by Gasteiger charge is 2.48. The number of fused-ring (bicyclic) bond motifs is 2. The predicted molar refractivity (Wildman–Crippen MR) is 78.9 cm³/mol. The molecule has 1 aliphatic carbocycles. The van der Waals surface area contributed by atoms with Gasteiger partial charge in [-0.25, -0.2) is 0 Å². The van der Waals surface area contributed by atoms with Crippen molar-refractivity contribution in [3.8, 4) is 0 Å². The molecule has 1 saturated heterocycles. The summed E-state index contributed by atoms with van der Waals surface area (Å²) < 4.78 is 0. The number of rotatable bonds is 3. The molecular weight excluding hydrogens is 203 g/mol. The minimum atomic E-state index is 0.574. The molecule has 0 radical (unpaired) electrons. The quantitative estimate of drug-likeness (QED) is 0.564. The number of hydrogen-bond acceptors (Lipinski definition) is 0. The summed E-state index contributed by atoms with van der Waals surface area (Å²) in [6, 6.07) is 0. The lowest BCUT2D eigenvalue weighted by molar-refractivity contribution is 0.206. The monoisotopic (exact) mass is 234 g/mol. The molecule has 0 aromatic rings. The first kappa shape index (κ1) is 13.5. The van der Waals surface area contributed by atoms with Crippen LogP contribution in [0.25, 0.3) is 0 Å². The molecule has 0 amide bonds. The zero-order valence-corrected chi connectivity index (χ0v) is 12.6. The van der Waals surface area contributed by atoms with Gasteiger partial charge in [0.25, 0.3) is 0 Å². The van der Waals surface area contributed by atoms with E-state index >= 15 is 0 Å². The van der Waals surface area contributed by atoms with E-state index in [2.05, 4.69) is 34.6 Å². The molecule has 1 heterocycles. The SMILES string of the molecule is CCCC(C)(C)B1CC(C)C2CCC(C)C1C2. The van der Waals surface area contributed by atoms with Gasteiger partial charge in [0.1, 0.15) is 6.71 Å². The summed E-state index contributed by atoms with van der Waals surface area (Å²) in [5, 5.41) is 0.574. The van der Waals surface area contributed by atoms with E-state index in [4.69, 9.17) is 0 Å². The second-order valence-corrected chi connectivity index (χ2v) is 7.77. The molecule has 1 aliphatic heterocycles. The maximum Gasteiger partial charge on any atom is 0.149 e. The van der Waals surface area contributed by atoms with Crippen LogP contribution in [0.1, 0.15) is 66.7 Å². The maximum atomic E-state index is 2.54. The lowest BCUT2D eigenvalue weighted by atomic mass is 9.20. The molecule has 2 bridgehead atoms. The Labute approximate surface area is 109 Å². The predicted octanol–water partition coefficient (Wildman–Crippen LogP) is 5.52. The highest BCUT2D eigenvalue weighted by molar-refractivity contribution is 6.64. The Kier molecular flexibility index (Phi) is 3.95. The average molecular weight is 234 g/mol. The van der Waals surface area contributed by atoms with Gasteiger partial charge in [0, 0.05) is 0 Å². The van der Waals surface area contributed by atoms with Crippen LogP contribution < -0.4 is 0 Å². The van der Waals surface area contributed by atoms with Gasteiger partial charge >= 0.3 is 0 Å². The largest absolute Gasteiger partial charge is 0.149 e. The van der Waals surface area contributed by atoms with Gasteiger partial charge in [-0.15, -0.1) is 0 Å². The molecule has 4 atom stereocenters. The third kappa shape index (κ3) is 2.58. The first-order valence-corrected chi connectivity index (χ1v) is 7.95. The smallest absolute Gasteiger partial charge is 0.0706 e. The molecule has 2 fully saturated rings. The standard InChI is InChI=1S/C16H31B/c1-6-9-16(4,5)17-11-13(3)14-8-7-12(2)15(17)10-14/h12-15H,6-11H2,1-5H3. The topological polar surface area (TPSA) is 0 Å². The van der Waals surface area contributed by atoms with Crippen molar-refractivity contribution in [1.29, 1.82) is 0 Å². The van der Waals surface area contributed by atoms with E-state index in [-0.39, 0.29) is 0 Å². The molecule has 1 heteroatoms. The van der Waals surface area contributed by atoms with E-state index in [9.17, 15) is 0 Å². The van der Waals surface area contributed by atoms with Gasteiger partial charge in [0.2, 0.25) is 0 Å². The fourth-order valence-electron chi connectivity index (χ4n) is 4.96. The van der Waals surface area contributed by atoms with Crippen LogP contribution in [0.5, 0.6) is 0 Å². The summed E-state index contributed by atoms with van der Waals surface area (Å²) in [6.07, 6.45) is 8.83. The Balaban J connectivity index is 2.15. The van der Waals surface area contributed by atoms with E-state index in [1.165, 1.54) is 32.0 Å². The van der Waals surface area contributed by atoms with Crippen LogP contribution in [-0.2, 0) is 0 Å². The lowest BCUT2D eigenvalue weighted by Gasteiger charge is -2.51. The van der Waals surface area contributed by atoms with Crippen molar-refractivity contribution in [2.45, 2.75) is 84.2 Å². The molecule has 2 rings (SSSR count). The van der Waals surface area contributed by atoms with Crippen LogP contribution in [0.2, 0.25) is 17.5 Å². The molecule has 1 saturated carbocycles. The van der Waals surface area contributed by atoms with Gasteiger partial charge in [-0.1, -0.05) is 77.8 Å². The number of hydrogen-bond donors (Lipinski definition) is 0. The summed E-state index contributed by atoms with van der Waals surface area (Å²) in [7, 11) is 0. The third-order valence-corrected chi connectivity index (χ3v) is 6.14. The Bertz CT molecular complexity index is 258.